The monoisotopic (exact) mass is 432 g/mol. The van der Waals surface area contributed by atoms with Gasteiger partial charge in [-0.15, -0.1) is 0 Å². The van der Waals surface area contributed by atoms with Crippen LogP contribution in [0.1, 0.15) is 54.8 Å². The number of hydrogen-bond acceptors (Lipinski definition) is 5. The summed E-state index contributed by atoms with van der Waals surface area (Å²) in [4.78, 5) is 19.8. The average molecular weight is 433 g/mol. The lowest BCUT2D eigenvalue weighted by Gasteiger charge is -2.31. The van der Waals surface area contributed by atoms with Crippen LogP contribution in [0.2, 0.25) is 0 Å². The van der Waals surface area contributed by atoms with Gasteiger partial charge < -0.3 is 9.84 Å². The number of carbonyl (C=O) groups excluding carboxylic acids is 1. The molecule has 32 heavy (non-hydrogen) atoms. The largest absolute Gasteiger partial charge is 0.349 e. The Morgan fingerprint density at radius 1 is 1.12 bits per heavy atom. The van der Waals surface area contributed by atoms with Gasteiger partial charge in [0, 0.05) is 11.5 Å². The Hall–Kier alpha value is -2.99. The highest BCUT2D eigenvalue weighted by molar-refractivity contribution is 5.79. The number of hydrogen-bond donors (Lipinski definition) is 1. The van der Waals surface area contributed by atoms with E-state index in [0.29, 0.717) is 18.3 Å². The van der Waals surface area contributed by atoms with Crippen molar-refractivity contribution in [3.05, 3.63) is 71.1 Å². The van der Waals surface area contributed by atoms with Crippen molar-refractivity contribution < 1.29 is 9.32 Å². The molecule has 0 saturated carbocycles. The van der Waals surface area contributed by atoms with Crippen LogP contribution in [0.4, 0.5) is 0 Å². The van der Waals surface area contributed by atoms with Gasteiger partial charge in [0.1, 0.15) is 0 Å². The third-order valence-corrected chi connectivity index (χ3v) is 6.48. The van der Waals surface area contributed by atoms with Crippen LogP contribution in [0, 0.1) is 19.8 Å². The topological polar surface area (TPSA) is 71.3 Å². The maximum absolute atomic E-state index is 12.9. The van der Waals surface area contributed by atoms with E-state index in [1.54, 1.807) is 0 Å². The maximum Gasteiger partial charge on any atom is 0.241 e. The summed E-state index contributed by atoms with van der Waals surface area (Å²) in [7, 11) is 0. The summed E-state index contributed by atoms with van der Waals surface area (Å²) >= 11 is 0. The first-order valence-electron chi connectivity index (χ1n) is 11.5. The lowest BCUT2D eigenvalue weighted by molar-refractivity contribution is -0.127. The highest BCUT2D eigenvalue weighted by Crippen LogP contribution is 2.24. The van der Waals surface area contributed by atoms with Crippen LogP contribution in [-0.2, 0) is 11.3 Å². The van der Waals surface area contributed by atoms with E-state index in [4.69, 9.17) is 4.52 Å². The van der Waals surface area contributed by atoms with Crippen molar-refractivity contribution in [1.82, 2.24) is 20.4 Å². The van der Waals surface area contributed by atoms with E-state index < -0.39 is 0 Å². The number of piperidine rings is 1. The Morgan fingerprint density at radius 2 is 1.88 bits per heavy atom. The van der Waals surface area contributed by atoms with Gasteiger partial charge in [0.05, 0.1) is 12.6 Å². The molecule has 6 heteroatoms. The molecule has 1 aliphatic heterocycles. The lowest BCUT2D eigenvalue weighted by Crippen LogP contribution is -2.41. The SMILES string of the molecule is CCC(NC(=O)C1CCN(Cc2nc(-c3ccccc3)no2)CC1)c1ccc(C)c(C)c1. The standard InChI is InChI=1S/C26H32N4O2/c1-4-23(22-11-10-18(2)19(3)16-22)27-26(31)21-12-14-30(15-13-21)17-24-28-25(29-32-24)20-8-6-5-7-9-20/h5-11,16,21,23H,4,12-15,17H2,1-3H3,(H,27,31). The van der Waals surface area contributed by atoms with Gasteiger partial charge in [-0.25, -0.2) is 0 Å². The molecule has 1 saturated heterocycles. The second kappa shape index (κ2) is 10.1. The Bertz CT molecular complexity index is 1040. The molecule has 4 rings (SSSR count). The second-order valence-corrected chi connectivity index (χ2v) is 8.74. The number of nitrogens with zero attached hydrogens (tertiary/aromatic N) is 3. The highest BCUT2D eigenvalue weighted by Gasteiger charge is 2.27. The minimum absolute atomic E-state index is 0.0504. The number of nitrogens with one attached hydrogen (secondary N) is 1. The van der Waals surface area contributed by atoms with Crippen molar-refractivity contribution in [2.45, 2.75) is 52.6 Å². The Morgan fingerprint density at radius 3 is 2.56 bits per heavy atom. The summed E-state index contributed by atoms with van der Waals surface area (Å²) in [5, 5.41) is 7.39. The molecule has 1 N–H and O–H groups in total. The van der Waals surface area contributed by atoms with Gasteiger partial charge in [0.25, 0.3) is 0 Å². The molecule has 2 aromatic carbocycles. The van der Waals surface area contributed by atoms with Crippen molar-refractivity contribution in [3.63, 3.8) is 0 Å². The zero-order chi connectivity index (χ0) is 22.5. The molecule has 1 unspecified atom stereocenters. The van der Waals surface area contributed by atoms with E-state index in [2.05, 4.69) is 59.3 Å². The number of carbonyl (C=O) groups is 1. The zero-order valence-electron chi connectivity index (χ0n) is 19.2. The molecule has 0 bridgehead atoms. The molecular formula is C26H32N4O2. The molecule has 0 radical (unpaired) electrons. The fourth-order valence-corrected chi connectivity index (χ4v) is 4.26. The van der Waals surface area contributed by atoms with Crippen molar-refractivity contribution >= 4 is 5.91 Å². The van der Waals surface area contributed by atoms with Gasteiger partial charge in [0.2, 0.25) is 17.6 Å². The van der Waals surface area contributed by atoms with Gasteiger partial charge in [-0.05, 0) is 62.9 Å². The third kappa shape index (κ3) is 5.25. The summed E-state index contributed by atoms with van der Waals surface area (Å²) in [6, 6.07) is 16.4. The normalized spacial score (nSPS) is 16.1. The van der Waals surface area contributed by atoms with Crippen LogP contribution >= 0.6 is 0 Å². The molecule has 0 aliphatic carbocycles. The van der Waals surface area contributed by atoms with E-state index in [0.717, 1.165) is 37.9 Å². The van der Waals surface area contributed by atoms with Crippen LogP contribution in [0.25, 0.3) is 11.4 Å². The minimum atomic E-state index is 0.0504. The lowest BCUT2D eigenvalue weighted by atomic mass is 9.94. The van der Waals surface area contributed by atoms with Gasteiger partial charge in [-0.3, -0.25) is 9.69 Å². The van der Waals surface area contributed by atoms with E-state index in [1.807, 2.05) is 30.3 Å². The molecule has 3 aromatic rings. The summed E-state index contributed by atoms with van der Waals surface area (Å²) in [6.45, 7) is 8.67. The van der Waals surface area contributed by atoms with E-state index in [1.165, 1.54) is 16.7 Å². The fourth-order valence-electron chi connectivity index (χ4n) is 4.26. The molecule has 168 valence electrons. The second-order valence-electron chi connectivity index (χ2n) is 8.74. The number of rotatable bonds is 7. The average Bonchev–Trinajstić information content (AvgIpc) is 3.29. The van der Waals surface area contributed by atoms with Crippen molar-refractivity contribution in [3.8, 4) is 11.4 Å². The summed E-state index contributed by atoms with van der Waals surface area (Å²) in [6.07, 6.45) is 2.57. The Labute approximate surface area is 190 Å². The number of aryl methyl sites for hydroxylation is 2. The van der Waals surface area contributed by atoms with Crippen molar-refractivity contribution in [2.75, 3.05) is 13.1 Å². The first-order valence-corrected chi connectivity index (χ1v) is 11.5. The number of likely N-dealkylation sites (tertiary alicyclic amines) is 1. The van der Waals surface area contributed by atoms with Crippen LogP contribution in [0.3, 0.4) is 0 Å². The van der Waals surface area contributed by atoms with Gasteiger partial charge >= 0.3 is 0 Å². The quantitative estimate of drug-likeness (QED) is 0.579. The fraction of sp³-hybridized carbons (Fsp3) is 0.423. The predicted octanol–water partition coefficient (Wildman–Crippen LogP) is 4.83. The number of aromatic nitrogens is 2. The molecule has 1 aliphatic rings. The Kier molecular flexibility index (Phi) is 7.00. The molecule has 1 amide bonds. The van der Waals surface area contributed by atoms with Gasteiger partial charge in [-0.2, -0.15) is 4.98 Å². The molecule has 1 aromatic heterocycles. The van der Waals surface area contributed by atoms with Crippen LogP contribution in [0.5, 0.6) is 0 Å². The molecular weight excluding hydrogens is 400 g/mol. The van der Waals surface area contributed by atoms with Crippen molar-refractivity contribution in [1.29, 1.82) is 0 Å². The minimum Gasteiger partial charge on any atom is -0.349 e. The first-order chi connectivity index (χ1) is 15.5. The highest BCUT2D eigenvalue weighted by atomic mass is 16.5. The number of benzene rings is 2. The molecule has 2 heterocycles. The van der Waals surface area contributed by atoms with Crippen LogP contribution in [0.15, 0.2) is 53.1 Å². The summed E-state index contributed by atoms with van der Waals surface area (Å²) in [5.74, 6) is 1.45. The van der Waals surface area contributed by atoms with E-state index in [-0.39, 0.29) is 17.9 Å². The third-order valence-electron chi connectivity index (χ3n) is 6.48. The molecule has 0 spiro atoms. The summed E-state index contributed by atoms with van der Waals surface area (Å²) < 4.78 is 5.45. The Balaban J connectivity index is 1.29. The summed E-state index contributed by atoms with van der Waals surface area (Å²) in [5.41, 5.74) is 4.68. The predicted molar refractivity (Wildman–Crippen MR) is 125 cm³/mol. The maximum atomic E-state index is 12.9. The van der Waals surface area contributed by atoms with Crippen LogP contribution in [-0.4, -0.2) is 34.0 Å². The van der Waals surface area contributed by atoms with Gasteiger partial charge in [-0.1, -0.05) is 60.6 Å². The zero-order valence-corrected chi connectivity index (χ0v) is 19.2. The van der Waals surface area contributed by atoms with Crippen LogP contribution < -0.4 is 5.32 Å². The van der Waals surface area contributed by atoms with E-state index in [9.17, 15) is 4.79 Å². The first kappa shape index (κ1) is 22.2. The molecule has 1 atom stereocenters. The smallest absolute Gasteiger partial charge is 0.241 e. The van der Waals surface area contributed by atoms with E-state index >= 15 is 0 Å². The molecule has 6 nitrogen and oxygen atoms in total. The number of amides is 1. The van der Waals surface area contributed by atoms with Crippen molar-refractivity contribution in [2.24, 2.45) is 5.92 Å². The van der Waals surface area contributed by atoms with Gasteiger partial charge in [0.15, 0.2) is 0 Å². The molecule has 1 fully saturated rings.